The third kappa shape index (κ3) is 10.2. The number of aliphatic carboxylic acids is 1. The van der Waals surface area contributed by atoms with E-state index in [2.05, 4.69) is 10.6 Å². The van der Waals surface area contributed by atoms with Crippen molar-refractivity contribution in [3.63, 3.8) is 0 Å². The first kappa shape index (κ1) is 29.1. The fourth-order valence-electron chi connectivity index (χ4n) is 3.67. The van der Waals surface area contributed by atoms with Crippen molar-refractivity contribution in [1.82, 2.24) is 10.6 Å². The van der Waals surface area contributed by atoms with Crippen LogP contribution in [-0.2, 0) is 36.4 Å². The van der Waals surface area contributed by atoms with E-state index in [9.17, 15) is 24.1 Å². The zero-order valence-electron chi connectivity index (χ0n) is 20.9. The highest BCUT2D eigenvalue weighted by atomic mass is 31.2. The molecule has 0 fully saturated rings. The lowest BCUT2D eigenvalue weighted by Gasteiger charge is -2.25. The summed E-state index contributed by atoms with van der Waals surface area (Å²) in [4.78, 5) is 37.0. The van der Waals surface area contributed by atoms with Gasteiger partial charge in [0, 0.05) is 25.6 Å². The van der Waals surface area contributed by atoms with E-state index in [1.54, 1.807) is 24.3 Å². The number of rotatable bonds is 14. The SMILES string of the molecule is COP(=O)(CNC(=O)OCc1ccccc1)CC(CC(C)C)C(=O)N[C@@H](Cc1ccccc1)C(=O)O. The lowest BCUT2D eigenvalue weighted by molar-refractivity contribution is -0.142. The van der Waals surface area contributed by atoms with E-state index >= 15 is 0 Å². The average molecular weight is 519 g/mol. The van der Waals surface area contributed by atoms with Crippen LogP contribution in [0.4, 0.5) is 4.79 Å². The van der Waals surface area contributed by atoms with Crippen LogP contribution in [0.25, 0.3) is 0 Å². The molecule has 10 heteroatoms. The molecule has 2 amide bonds. The van der Waals surface area contributed by atoms with Crippen LogP contribution < -0.4 is 10.6 Å². The van der Waals surface area contributed by atoms with E-state index in [0.29, 0.717) is 6.42 Å². The second-order valence-corrected chi connectivity index (χ2v) is 11.7. The van der Waals surface area contributed by atoms with Crippen molar-refractivity contribution in [3.8, 4) is 0 Å². The van der Waals surface area contributed by atoms with Gasteiger partial charge in [-0.25, -0.2) is 9.59 Å². The Morgan fingerprint density at radius 1 is 0.972 bits per heavy atom. The molecule has 0 saturated heterocycles. The highest BCUT2D eigenvalue weighted by Gasteiger charge is 2.33. The second-order valence-electron chi connectivity index (χ2n) is 8.99. The van der Waals surface area contributed by atoms with Gasteiger partial charge in [-0.15, -0.1) is 0 Å². The molecule has 196 valence electrons. The minimum absolute atomic E-state index is 0.0559. The van der Waals surface area contributed by atoms with Crippen LogP contribution in [0.5, 0.6) is 0 Å². The number of nitrogens with one attached hydrogen (secondary N) is 2. The topological polar surface area (TPSA) is 131 Å². The van der Waals surface area contributed by atoms with Crippen molar-refractivity contribution in [3.05, 3.63) is 71.8 Å². The van der Waals surface area contributed by atoms with E-state index in [1.807, 2.05) is 50.2 Å². The number of carbonyl (C=O) groups excluding carboxylic acids is 2. The van der Waals surface area contributed by atoms with E-state index in [4.69, 9.17) is 9.26 Å². The van der Waals surface area contributed by atoms with Crippen LogP contribution >= 0.6 is 7.37 Å². The first-order valence-corrected chi connectivity index (χ1v) is 13.8. The highest BCUT2D eigenvalue weighted by molar-refractivity contribution is 7.59. The van der Waals surface area contributed by atoms with Gasteiger partial charge in [0.1, 0.15) is 12.6 Å². The van der Waals surface area contributed by atoms with Gasteiger partial charge in [-0.1, -0.05) is 74.5 Å². The highest BCUT2D eigenvalue weighted by Crippen LogP contribution is 2.47. The molecule has 0 aromatic heterocycles. The quantitative estimate of drug-likeness (QED) is 0.318. The van der Waals surface area contributed by atoms with Gasteiger partial charge in [-0.2, -0.15) is 0 Å². The van der Waals surface area contributed by atoms with E-state index < -0.39 is 37.3 Å². The Morgan fingerprint density at radius 3 is 2.08 bits per heavy atom. The standard InChI is InChI=1S/C26H35N2O7P/c1-19(2)14-22(24(29)28-23(25(30)31)15-20-10-6-4-7-11-20)17-36(33,34-3)18-27-26(32)35-16-21-12-8-5-9-13-21/h4-13,19,22-23H,14-18H2,1-3H3,(H,27,32)(H,28,29)(H,30,31)/t22?,23-,36?/m0/s1. The van der Waals surface area contributed by atoms with Crippen molar-refractivity contribution in [2.24, 2.45) is 11.8 Å². The minimum Gasteiger partial charge on any atom is -0.480 e. The smallest absolute Gasteiger partial charge is 0.407 e. The Hall–Kier alpha value is -3.16. The molecule has 0 radical (unpaired) electrons. The fraction of sp³-hybridized carbons (Fsp3) is 0.423. The Balaban J connectivity index is 2.01. The zero-order valence-corrected chi connectivity index (χ0v) is 21.8. The first-order valence-electron chi connectivity index (χ1n) is 11.8. The number of alkyl carbamates (subject to hydrolysis) is 1. The number of amides is 2. The Morgan fingerprint density at radius 2 is 1.56 bits per heavy atom. The van der Waals surface area contributed by atoms with Gasteiger partial charge in [-0.05, 0) is 23.5 Å². The third-order valence-corrected chi connectivity index (χ3v) is 7.83. The molecule has 36 heavy (non-hydrogen) atoms. The third-order valence-electron chi connectivity index (χ3n) is 5.53. The van der Waals surface area contributed by atoms with Crippen molar-refractivity contribution in [2.45, 2.75) is 39.3 Å². The predicted molar refractivity (Wildman–Crippen MR) is 137 cm³/mol. The van der Waals surface area contributed by atoms with Crippen molar-refractivity contribution >= 4 is 25.3 Å². The molecular weight excluding hydrogens is 483 g/mol. The summed E-state index contributed by atoms with van der Waals surface area (Å²) in [5, 5.41) is 14.7. The molecule has 0 heterocycles. The normalized spacial score (nSPS) is 14.3. The fourth-order valence-corrected chi connectivity index (χ4v) is 5.44. The molecule has 2 rings (SSSR count). The molecule has 2 aromatic carbocycles. The number of carboxylic acid groups (broad SMARTS) is 1. The van der Waals surface area contributed by atoms with E-state index in [1.165, 1.54) is 7.11 Å². The summed E-state index contributed by atoms with van der Waals surface area (Å²) in [6, 6.07) is 17.0. The molecule has 3 atom stereocenters. The molecule has 0 aliphatic carbocycles. The van der Waals surface area contributed by atoms with Gasteiger partial charge in [-0.3, -0.25) is 9.36 Å². The first-order chi connectivity index (χ1) is 17.1. The van der Waals surface area contributed by atoms with Crippen molar-refractivity contribution in [1.29, 1.82) is 0 Å². The second kappa shape index (κ2) is 14.4. The largest absolute Gasteiger partial charge is 0.480 e. The van der Waals surface area contributed by atoms with Gasteiger partial charge in [0.2, 0.25) is 13.3 Å². The van der Waals surface area contributed by atoms with Crippen LogP contribution in [0.2, 0.25) is 0 Å². The molecule has 9 nitrogen and oxygen atoms in total. The Bertz CT molecular complexity index is 1030. The van der Waals surface area contributed by atoms with Crippen LogP contribution in [0.3, 0.4) is 0 Å². The van der Waals surface area contributed by atoms with Gasteiger partial charge >= 0.3 is 12.1 Å². The number of ether oxygens (including phenoxy) is 1. The van der Waals surface area contributed by atoms with Crippen LogP contribution in [0, 0.1) is 11.8 Å². The average Bonchev–Trinajstić information content (AvgIpc) is 2.86. The lowest BCUT2D eigenvalue weighted by atomic mass is 9.97. The molecule has 0 bridgehead atoms. The molecular formula is C26H35N2O7P. The van der Waals surface area contributed by atoms with E-state index in [0.717, 1.165) is 11.1 Å². The van der Waals surface area contributed by atoms with Gasteiger partial charge in [0.25, 0.3) is 0 Å². The number of carbonyl (C=O) groups is 3. The summed E-state index contributed by atoms with van der Waals surface area (Å²) >= 11 is 0. The summed E-state index contributed by atoms with van der Waals surface area (Å²) in [6.45, 7) is 3.88. The Kier molecular flexibility index (Phi) is 11.6. The lowest BCUT2D eigenvalue weighted by Crippen LogP contribution is -2.46. The monoisotopic (exact) mass is 518 g/mol. The van der Waals surface area contributed by atoms with Gasteiger partial charge in [0.15, 0.2) is 0 Å². The Labute approximate surface area is 212 Å². The summed E-state index contributed by atoms with van der Waals surface area (Å²) in [5.74, 6) is -2.37. The minimum atomic E-state index is -3.47. The van der Waals surface area contributed by atoms with Crippen LogP contribution in [-0.4, -0.2) is 48.7 Å². The zero-order chi connectivity index (χ0) is 26.6. The summed E-state index contributed by atoms with van der Waals surface area (Å²) in [7, 11) is -2.21. The molecule has 2 aromatic rings. The molecule has 3 N–H and O–H groups in total. The number of hydrogen-bond donors (Lipinski definition) is 3. The number of benzene rings is 2. The van der Waals surface area contributed by atoms with E-state index in [-0.39, 0.29) is 31.4 Å². The summed E-state index contributed by atoms with van der Waals surface area (Å²) in [6.07, 6.45) is -0.729. The maximum atomic E-state index is 13.4. The van der Waals surface area contributed by atoms with Crippen molar-refractivity contribution < 1.29 is 33.3 Å². The maximum absolute atomic E-state index is 13.4. The molecule has 0 saturated carbocycles. The van der Waals surface area contributed by atoms with Crippen LogP contribution in [0.1, 0.15) is 31.4 Å². The number of carboxylic acids is 1. The molecule has 0 aliphatic heterocycles. The number of hydrogen-bond acceptors (Lipinski definition) is 6. The summed E-state index contributed by atoms with van der Waals surface area (Å²) < 4.78 is 23.8. The van der Waals surface area contributed by atoms with Crippen molar-refractivity contribution in [2.75, 3.05) is 19.6 Å². The maximum Gasteiger partial charge on any atom is 0.407 e. The molecule has 0 aliphatic rings. The van der Waals surface area contributed by atoms with Gasteiger partial charge < -0.3 is 25.0 Å². The summed E-state index contributed by atoms with van der Waals surface area (Å²) in [5.41, 5.74) is 1.58. The molecule has 0 spiro atoms. The van der Waals surface area contributed by atoms with Gasteiger partial charge in [0.05, 0.1) is 6.29 Å². The van der Waals surface area contributed by atoms with Crippen LogP contribution in [0.15, 0.2) is 60.7 Å². The molecule has 2 unspecified atom stereocenters. The predicted octanol–water partition coefficient (Wildman–Crippen LogP) is 4.27.